The molecule has 2 aromatic rings. The van der Waals surface area contributed by atoms with Crippen molar-refractivity contribution in [3.8, 4) is 11.6 Å². The normalized spacial score (nSPS) is 10.2. The van der Waals surface area contributed by atoms with Gasteiger partial charge in [0.15, 0.2) is 0 Å². The van der Waals surface area contributed by atoms with Crippen molar-refractivity contribution in [3.05, 3.63) is 51.2 Å². The van der Waals surface area contributed by atoms with Crippen LogP contribution in [0.1, 0.15) is 6.92 Å². The van der Waals surface area contributed by atoms with Crippen LogP contribution in [0.3, 0.4) is 0 Å². The lowest BCUT2D eigenvalue weighted by Crippen LogP contribution is -2.36. The van der Waals surface area contributed by atoms with Crippen molar-refractivity contribution in [2.45, 2.75) is 6.92 Å². The highest BCUT2D eigenvalue weighted by Crippen LogP contribution is 2.22. The van der Waals surface area contributed by atoms with Gasteiger partial charge in [-0.3, -0.25) is 19.2 Å². The number of nitrogens with one attached hydrogen (secondary N) is 1. The van der Waals surface area contributed by atoms with Crippen LogP contribution in [0.2, 0.25) is 0 Å². The number of amides is 1. The first-order valence-electron chi connectivity index (χ1n) is 6.91. The monoisotopic (exact) mass is 319 g/mol. The minimum Gasteiger partial charge on any atom is -0.450 e. The lowest BCUT2D eigenvalue weighted by Gasteiger charge is -2.12. The Labute approximate surface area is 131 Å². The van der Waals surface area contributed by atoms with Crippen LogP contribution in [-0.2, 0) is 18.8 Å². The Kier molecular flexibility index (Phi) is 4.85. The Hall–Kier alpha value is -3.03. The molecule has 122 valence electrons. The van der Waals surface area contributed by atoms with Crippen molar-refractivity contribution in [1.29, 1.82) is 0 Å². The van der Waals surface area contributed by atoms with Gasteiger partial charge in [0, 0.05) is 25.8 Å². The summed E-state index contributed by atoms with van der Waals surface area (Å²) in [7, 11) is 2.89. The molecular formula is C15H17N3O5. The van der Waals surface area contributed by atoms with Gasteiger partial charge >= 0.3 is 11.8 Å². The van der Waals surface area contributed by atoms with Crippen molar-refractivity contribution < 1.29 is 14.3 Å². The quantitative estimate of drug-likeness (QED) is 0.921. The number of nitrogens with zero attached hydrogens (tertiary/aromatic N) is 2. The number of anilines is 1. The van der Waals surface area contributed by atoms with Crippen LogP contribution in [0.5, 0.6) is 11.6 Å². The van der Waals surface area contributed by atoms with E-state index in [1.165, 1.54) is 24.7 Å². The van der Waals surface area contributed by atoms with E-state index < -0.39 is 17.3 Å². The number of ether oxygens (including phenoxy) is 2. The Bertz CT molecular complexity index is 838. The van der Waals surface area contributed by atoms with Crippen molar-refractivity contribution in [3.63, 3.8) is 0 Å². The number of hydrogen-bond donors (Lipinski definition) is 1. The SMILES string of the molecule is CCOC(=O)Nc1cccc(Oc2cc(=O)n(C)c(=O)n2C)c1. The maximum atomic E-state index is 11.9. The first-order valence-corrected chi connectivity index (χ1v) is 6.91. The van der Waals surface area contributed by atoms with E-state index in [2.05, 4.69) is 5.32 Å². The minimum atomic E-state index is -0.578. The number of benzene rings is 1. The van der Waals surface area contributed by atoms with Crippen LogP contribution in [0.25, 0.3) is 0 Å². The van der Waals surface area contributed by atoms with E-state index >= 15 is 0 Å². The third-order valence-electron chi connectivity index (χ3n) is 3.06. The summed E-state index contributed by atoms with van der Waals surface area (Å²) in [5, 5.41) is 2.54. The zero-order valence-electron chi connectivity index (χ0n) is 13.0. The van der Waals surface area contributed by atoms with Gasteiger partial charge in [-0.2, -0.15) is 0 Å². The van der Waals surface area contributed by atoms with Gasteiger partial charge in [0.2, 0.25) is 5.88 Å². The summed E-state index contributed by atoms with van der Waals surface area (Å²) in [5.41, 5.74) is -0.494. The minimum absolute atomic E-state index is 0.103. The standard InChI is InChI=1S/C15H17N3O5/c1-4-22-14(20)16-10-6-5-7-11(8-10)23-13-9-12(19)17(2)15(21)18(13)3/h5-9H,4H2,1-3H3,(H,16,20). The van der Waals surface area contributed by atoms with Crippen LogP contribution in [0.15, 0.2) is 39.9 Å². The highest BCUT2D eigenvalue weighted by Gasteiger charge is 2.09. The number of aromatic nitrogens is 2. The molecule has 1 aromatic carbocycles. The molecule has 0 unspecified atom stereocenters. The van der Waals surface area contributed by atoms with Gasteiger partial charge in [-0.15, -0.1) is 0 Å². The van der Waals surface area contributed by atoms with E-state index in [-0.39, 0.29) is 12.5 Å². The highest BCUT2D eigenvalue weighted by atomic mass is 16.5. The highest BCUT2D eigenvalue weighted by molar-refractivity contribution is 5.84. The fourth-order valence-corrected chi connectivity index (χ4v) is 1.85. The van der Waals surface area contributed by atoms with Gasteiger partial charge in [-0.25, -0.2) is 9.59 Å². The molecule has 1 aromatic heterocycles. The lowest BCUT2D eigenvalue weighted by atomic mass is 10.3. The van der Waals surface area contributed by atoms with E-state index in [0.29, 0.717) is 11.4 Å². The summed E-state index contributed by atoms with van der Waals surface area (Å²) in [6, 6.07) is 7.73. The summed E-state index contributed by atoms with van der Waals surface area (Å²) >= 11 is 0. The lowest BCUT2D eigenvalue weighted by molar-refractivity contribution is 0.168. The van der Waals surface area contributed by atoms with Gasteiger partial charge in [0.05, 0.1) is 12.7 Å². The second-order valence-electron chi connectivity index (χ2n) is 4.70. The molecule has 23 heavy (non-hydrogen) atoms. The first kappa shape index (κ1) is 16.3. The molecule has 0 bridgehead atoms. The van der Waals surface area contributed by atoms with Crippen molar-refractivity contribution in [2.75, 3.05) is 11.9 Å². The molecule has 0 saturated carbocycles. The molecule has 0 spiro atoms. The van der Waals surface area contributed by atoms with Gasteiger partial charge in [0.1, 0.15) is 5.75 Å². The number of carbonyl (C=O) groups is 1. The summed E-state index contributed by atoms with van der Waals surface area (Å²) in [6.45, 7) is 1.97. The van der Waals surface area contributed by atoms with E-state index in [1.54, 1.807) is 31.2 Å². The predicted octanol–water partition coefficient (Wildman–Crippen LogP) is 1.44. The summed E-state index contributed by atoms with van der Waals surface area (Å²) in [5.74, 6) is 0.467. The number of rotatable bonds is 4. The molecule has 2 rings (SSSR count). The largest absolute Gasteiger partial charge is 0.450 e. The number of hydrogen-bond acceptors (Lipinski definition) is 5. The zero-order valence-corrected chi connectivity index (χ0v) is 13.0. The molecule has 0 radical (unpaired) electrons. The molecule has 0 aliphatic rings. The van der Waals surface area contributed by atoms with Gasteiger partial charge in [-0.05, 0) is 19.1 Å². The van der Waals surface area contributed by atoms with E-state index in [9.17, 15) is 14.4 Å². The molecule has 0 atom stereocenters. The predicted molar refractivity (Wildman–Crippen MR) is 84.1 cm³/mol. The Morgan fingerprint density at radius 3 is 2.61 bits per heavy atom. The molecule has 0 aliphatic carbocycles. The Balaban J connectivity index is 2.26. The average Bonchev–Trinajstić information content (AvgIpc) is 2.51. The molecule has 1 heterocycles. The zero-order chi connectivity index (χ0) is 17.0. The van der Waals surface area contributed by atoms with Crippen LogP contribution >= 0.6 is 0 Å². The first-order chi connectivity index (χ1) is 10.9. The van der Waals surface area contributed by atoms with Crippen LogP contribution in [0.4, 0.5) is 10.5 Å². The molecule has 0 fully saturated rings. The molecule has 8 nitrogen and oxygen atoms in total. The fourth-order valence-electron chi connectivity index (χ4n) is 1.85. The second kappa shape index (κ2) is 6.82. The topological polar surface area (TPSA) is 91.6 Å². The summed E-state index contributed by atoms with van der Waals surface area (Å²) < 4.78 is 12.5. The van der Waals surface area contributed by atoms with Crippen molar-refractivity contribution in [1.82, 2.24) is 9.13 Å². The average molecular weight is 319 g/mol. The molecule has 0 saturated heterocycles. The van der Waals surface area contributed by atoms with Crippen LogP contribution in [0, 0.1) is 0 Å². The van der Waals surface area contributed by atoms with Gasteiger partial charge in [0.25, 0.3) is 5.56 Å². The van der Waals surface area contributed by atoms with Crippen molar-refractivity contribution in [2.24, 2.45) is 14.1 Å². The third kappa shape index (κ3) is 3.79. The molecular weight excluding hydrogens is 302 g/mol. The molecule has 8 heteroatoms. The third-order valence-corrected chi connectivity index (χ3v) is 3.06. The molecule has 1 amide bonds. The maximum absolute atomic E-state index is 11.9. The van der Waals surface area contributed by atoms with Crippen LogP contribution in [-0.4, -0.2) is 21.8 Å². The molecule has 0 aliphatic heterocycles. The smallest absolute Gasteiger partial charge is 0.411 e. The van der Waals surface area contributed by atoms with E-state index in [4.69, 9.17) is 9.47 Å². The Morgan fingerprint density at radius 1 is 1.17 bits per heavy atom. The van der Waals surface area contributed by atoms with Crippen molar-refractivity contribution >= 4 is 11.8 Å². The summed E-state index contributed by atoms with van der Waals surface area (Å²) in [6.07, 6.45) is -0.578. The van der Waals surface area contributed by atoms with E-state index in [0.717, 1.165) is 4.57 Å². The fraction of sp³-hybridized carbons (Fsp3) is 0.267. The number of carbonyl (C=O) groups excluding carboxylic acids is 1. The summed E-state index contributed by atoms with van der Waals surface area (Å²) in [4.78, 5) is 34.9. The van der Waals surface area contributed by atoms with E-state index in [1.807, 2.05) is 0 Å². The van der Waals surface area contributed by atoms with Crippen LogP contribution < -0.4 is 21.3 Å². The second-order valence-corrected chi connectivity index (χ2v) is 4.70. The maximum Gasteiger partial charge on any atom is 0.411 e. The van der Waals surface area contributed by atoms with Gasteiger partial charge in [-0.1, -0.05) is 6.07 Å². The van der Waals surface area contributed by atoms with Gasteiger partial charge < -0.3 is 9.47 Å². The Morgan fingerprint density at radius 2 is 1.91 bits per heavy atom. The molecule has 1 N–H and O–H groups in total.